The number of carbonyl (C=O) groups is 1. The third-order valence-corrected chi connectivity index (χ3v) is 4.63. The normalized spacial score (nSPS) is 17.2. The van der Waals surface area contributed by atoms with Gasteiger partial charge in [0.2, 0.25) is 5.91 Å². The molecule has 3 nitrogen and oxygen atoms in total. The van der Waals surface area contributed by atoms with Crippen LogP contribution in [0.1, 0.15) is 25.7 Å². The Balaban J connectivity index is 2.24. The number of nitriles is 1. The minimum Gasteiger partial charge on any atom is -0.323 e. The van der Waals surface area contributed by atoms with Crippen molar-refractivity contribution in [2.45, 2.75) is 25.7 Å². The highest BCUT2D eigenvalue weighted by atomic mass is 79.9. The molecule has 5 heteroatoms. The molecule has 1 aromatic carbocycles. The van der Waals surface area contributed by atoms with Crippen molar-refractivity contribution in [1.29, 1.82) is 5.26 Å². The van der Waals surface area contributed by atoms with Crippen LogP contribution in [0.2, 0.25) is 0 Å². The van der Waals surface area contributed by atoms with Crippen LogP contribution in [0.5, 0.6) is 0 Å². The van der Waals surface area contributed by atoms with E-state index in [1.54, 1.807) is 0 Å². The zero-order valence-corrected chi connectivity index (χ0v) is 12.8. The van der Waals surface area contributed by atoms with Gasteiger partial charge in [0, 0.05) is 8.95 Å². The molecule has 1 saturated carbocycles. The molecule has 0 bridgehead atoms. The van der Waals surface area contributed by atoms with Gasteiger partial charge >= 0.3 is 0 Å². The summed E-state index contributed by atoms with van der Waals surface area (Å²) in [5.41, 5.74) is -0.168. The maximum atomic E-state index is 12.3. The number of para-hydroxylation sites is 1. The fraction of sp³-hybridized carbons (Fsp3) is 0.385. The molecule has 1 amide bonds. The fourth-order valence-electron chi connectivity index (χ4n) is 2.22. The maximum absolute atomic E-state index is 12.3. The predicted octanol–water partition coefficient (Wildman–Crippen LogP) is 4.23. The first-order valence-corrected chi connectivity index (χ1v) is 7.34. The molecule has 0 heterocycles. The average Bonchev–Trinajstić information content (AvgIpc) is 2.84. The summed E-state index contributed by atoms with van der Waals surface area (Å²) in [6.45, 7) is 0. The molecule has 0 radical (unpaired) electrons. The van der Waals surface area contributed by atoms with E-state index >= 15 is 0 Å². The van der Waals surface area contributed by atoms with E-state index in [4.69, 9.17) is 0 Å². The van der Waals surface area contributed by atoms with E-state index in [1.165, 1.54) is 0 Å². The van der Waals surface area contributed by atoms with Crippen LogP contribution >= 0.6 is 31.9 Å². The van der Waals surface area contributed by atoms with Crippen LogP contribution in [-0.4, -0.2) is 5.91 Å². The second-order valence-electron chi connectivity index (χ2n) is 4.45. The van der Waals surface area contributed by atoms with Crippen LogP contribution < -0.4 is 5.32 Å². The van der Waals surface area contributed by atoms with Crippen LogP contribution in [-0.2, 0) is 4.79 Å². The molecule has 1 aromatic rings. The van der Waals surface area contributed by atoms with E-state index < -0.39 is 5.41 Å². The number of amides is 1. The SMILES string of the molecule is N#CC1(C(=O)Nc2c(Br)cccc2Br)CCCC1. The minimum absolute atomic E-state index is 0.199. The summed E-state index contributed by atoms with van der Waals surface area (Å²) < 4.78 is 1.60. The summed E-state index contributed by atoms with van der Waals surface area (Å²) in [7, 11) is 0. The fourth-order valence-corrected chi connectivity index (χ4v) is 3.42. The number of rotatable bonds is 2. The van der Waals surface area contributed by atoms with Gasteiger partial charge in [-0.2, -0.15) is 5.26 Å². The molecule has 0 atom stereocenters. The minimum atomic E-state index is -0.852. The molecular weight excluding hydrogens is 360 g/mol. The zero-order chi connectivity index (χ0) is 13.2. The van der Waals surface area contributed by atoms with Crippen molar-refractivity contribution in [2.75, 3.05) is 5.32 Å². The predicted molar refractivity (Wildman–Crippen MR) is 77.0 cm³/mol. The van der Waals surface area contributed by atoms with E-state index in [0.29, 0.717) is 18.5 Å². The van der Waals surface area contributed by atoms with Crippen LogP contribution in [0.4, 0.5) is 5.69 Å². The summed E-state index contributed by atoms with van der Waals surface area (Å²) in [5.74, 6) is -0.199. The molecule has 1 aliphatic rings. The van der Waals surface area contributed by atoms with Gasteiger partial charge in [0.1, 0.15) is 5.41 Å². The lowest BCUT2D eigenvalue weighted by molar-refractivity contribution is -0.122. The number of benzene rings is 1. The first-order valence-electron chi connectivity index (χ1n) is 5.76. The van der Waals surface area contributed by atoms with Crippen molar-refractivity contribution in [3.63, 3.8) is 0 Å². The van der Waals surface area contributed by atoms with Gasteiger partial charge in [0.05, 0.1) is 11.8 Å². The van der Waals surface area contributed by atoms with Crippen molar-refractivity contribution in [1.82, 2.24) is 0 Å². The van der Waals surface area contributed by atoms with E-state index in [2.05, 4.69) is 43.2 Å². The smallest absolute Gasteiger partial charge is 0.244 e. The molecule has 0 saturated heterocycles. The lowest BCUT2D eigenvalue weighted by atomic mass is 9.87. The van der Waals surface area contributed by atoms with Gasteiger partial charge in [0.25, 0.3) is 0 Å². The number of hydrogen-bond acceptors (Lipinski definition) is 2. The average molecular weight is 372 g/mol. The van der Waals surface area contributed by atoms with Crippen LogP contribution in [0.15, 0.2) is 27.1 Å². The molecule has 1 N–H and O–H groups in total. The molecule has 1 aliphatic carbocycles. The van der Waals surface area contributed by atoms with Crippen LogP contribution in [0.3, 0.4) is 0 Å². The van der Waals surface area contributed by atoms with E-state index in [1.807, 2.05) is 18.2 Å². The topological polar surface area (TPSA) is 52.9 Å². The Morgan fingerprint density at radius 1 is 1.28 bits per heavy atom. The first-order chi connectivity index (χ1) is 8.59. The van der Waals surface area contributed by atoms with Crippen molar-refractivity contribution >= 4 is 43.5 Å². The van der Waals surface area contributed by atoms with Gasteiger partial charge in [-0.1, -0.05) is 18.9 Å². The third kappa shape index (κ3) is 2.45. The summed E-state index contributed by atoms with van der Waals surface area (Å²) in [5, 5.41) is 12.1. The van der Waals surface area contributed by atoms with Gasteiger partial charge in [-0.3, -0.25) is 4.79 Å². The van der Waals surface area contributed by atoms with Gasteiger partial charge in [0.15, 0.2) is 0 Å². The highest BCUT2D eigenvalue weighted by Gasteiger charge is 2.41. The molecule has 0 spiro atoms. The van der Waals surface area contributed by atoms with Crippen molar-refractivity contribution in [2.24, 2.45) is 5.41 Å². The lowest BCUT2D eigenvalue weighted by Gasteiger charge is -2.20. The van der Waals surface area contributed by atoms with Crippen molar-refractivity contribution in [3.05, 3.63) is 27.1 Å². The van der Waals surface area contributed by atoms with E-state index in [0.717, 1.165) is 21.8 Å². The highest BCUT2D eigenvalue weighted by molar-refractivity contribution is 9.11. The number of hydrogen-bond donors (Lipinski definition) is 1. The van der Waals surface area contributed by atoms with Gasteiger partial charge in [-0.15, -0.1) is 0 Å². The summed E-state index contributed by atoms with van der Waals surface area (Å²) in [6.07, 6.45) is 3.19. The first kappa shape index (κ1) is 13.6. The van der Waals surface area contributed by atoms with Gasteiger partial charge in [-0.05, 0) is 56.8 Å². The van der Waals surface area contributed by atoms with Gasteiger partial charge in [-0.25, -0.2) is 0 Å². The molecule has 0 aromatic heterocycles. The summed E-state index contributed by atoms with van der Waals surface area (Å²) in [6, 6.07) is 7.78. The zero-order valence-electron chi connectivity index (χ0n) is 9.67. The summed E-state index contributed by atoms with van der Waals surface area (Å²) >= 11 is 6.79. The molecule has 18 heavy (non-hydrogen) atoms. The molecule has 1 fully saturated rings. The molecule has 94 valence electrons. The maximum Gasteiger partial charge on any atom is 0.244 e. The molecule has 2 rings (SSSR count). The Kier molecular flexibility index (Phi) is 4.08. The second-order valence-corrected chi connectivity index (χ2v) is 6.16. The Hall–Kier alpha value is -0.860. The number of anilines is 1. The third-order valence-electron chi connectivity index (χ3n) is 3.31. The quantitative estimate of drug-likeness (QED) is 0.845. The Morgan fingerprint density at radius 2 is 1.83 bits per heavy atom. The standard InChI is InChI=1S/C13H12Br2N2O/c14-9-4-3-5-10(15)11(9)17-12(18)13(8-16)6-1-2-7-13/h3-5H,1-2,6-7H2,(H,17,18). The Bertz CT molecular complexity index is 496. The lowest BCUT2D eigenvalue weighted by Crippen LogP contribution is -2.32. The molecular formula is C13H12Br2N2O. The number of nitrogens with zero attached hydrogens (tertiary/aromatic N) is 1. The number of nitrogens with one attached hydrogen (secondary N) is 1. The largest absolute Gasteiger partial charge is 0.323 e. The summed E-state index contributed by atoms with van der Waals surface area (Å²) in [4.78, 5) is 12.3. The highest BCUT2D eigenvalue weighted by Crippen LogP contribution is 2.40. The second kappa shape index (κ2) is 5.41. The van der Waals surface area contributed by atoms with Crippen molar-refractivity contribution in [3.8, 4) is 6.07 Å². The monoisotopic (exact) mass is 370 g/mol. The van der Waals surface area contributed by atoms with E-state index in [9.17, 15) is 10.1 Å². The number of carbonyl (C=O) groups excluding carboxylic acids is 1. The van der Waals surface area contributed by atoms with Crippen molar-refractivity contribution < 1.29 is 4.79 Å². The number of halogens is 2. The molecule has 0 aliphatic heterocycles. The Labute approximate surface area is 123 Å². The van der Waals surface area contributed by atoms with E-state index in [-0.39, 0.29) is 5.91 Å². The van der Waals surface area contributed by atoms with Crippen LogP contribution in [0.25, 0.3) is 0 Å². The Morgan fingerprint density at radius 3 is 2.33 bits per heavy atom. The van der Waals surface area contributed by atoms with Crippen LogP contribution in [0, 0.1) is 16.7 Å². The molecule has 0 unspecified atom stereocenters. The van der Waals surface area contributed by atoms with Gasteiger partial charge < -0.3 is 5.32 Å².